The second kappa shape index (κ2) is 4.82. The van der Waals surface area contributed by atoms with Crippen LogP contribution in [0.25, 0.3) is 10.9 Å². The Morgan fingerprint density at radius 3 is 2.83 bits per heavy atom. The molecule has 0 saturated heterocycles. The first-order valence-electron chi connectivity index (χ1n) is 6.06. The van der Waals surface area contributed by atoms with Gasteiger partial charge in [0.2, 0.25) is 5.91 Å². The third-order valence-electron chi connectivity index (χ3n) is 3.05. The van der Waals surface area contributed by atoms with E-state index >= 15 is 0 Å². The van der Waals surface area contributed by atoms with Crippen molar-refractivity contribution in [2.45, 2.75) is 32.4 Å². The lowest BCUT2D eigenvalue weighted by Crippen LogP contribution is -2.42. The number of carbonyl (C=O) groups is 1. The van der Waals surface area contributed by atoms with Gasteiger partial charge in [0.05, 0.1) is 0 Å². The van der Waals surface area contributed by atoms with Gasteiger partial charge in [0.25, 0.3) is 0 Å². The largest absolute Gasteiger partial charge is 0.370 e. The van der Waals surface area contributed by atoms with Gasteiger partial charge in [-0.15, -0.1) is 0 Å². The van der Waals surface area contributed by atoms with Crippen LogP contribution in [0, 0.1) is 0 Å². The number of benzene rings is 1. The van der Waals surface area contributed by atoms with E-state index in [9.17, 15) is 4.79 Å². The lowest BCUT2D eigenvalue weighted by molar-refractivity contribution is -0.119. The number of primary amides is 1. The monoisotopic (exact) mass is 245 g/mol. The fraction of sp³-hybridized carbons (Fsp3) is 0.357. The fourth-order valence-corrected chi connectivity index (χ4v) is 2.11. The van der Waals surface area contributed by atoms with E-state index < -0.39 is 0 Å². The third-order valence-corrected chi connectivity index (χ3v) is 3.05. The average Bonchev–Trinajstić information content (AvgIpc) is 2.68. The molecule has 1 aromatic carbocycles. The highest BCUT2D eigenvalue weighted by Crippen LogP contribution is 2.18. The number of aromatic nitrogens is 1. The molecule has 0 radical (unpaired) electrons. The summed E-state index contributed by atoms with van der Waals surface area (Å²) in [6.07, 6.45) is 2.33. The SMILES string of the molecule is CC(C)(CC(N)=O)NCc1c[nH]c2ccccc12. The summed E-state index contributed by atoms with van der Waals surface area (Å²) in [5.74, 6) is -0.286. The molecule has 0 bridgehead atoms. The Balaban J connectivity index is 2.08. The Bertz CT molecular complexity index is 557. The molecule has 2 rings (SSSR count). The van der Waals surface area contributed by atoms with E-state index in [0.717, 1.165) is 5.52 Å². The maximum atomic E-state index is 11.0. The van der Waals surface area contributed by atoms with Gasteiger partial charge in [-0.05, 0) is 25.5 Å². The van der Waals surface area contributed by atoms with Gasteiger partial charge in [-0.1, -0.05) is 18.2 Å². The second-order valence-corrected chi connectivity index (χ2v) is 5.24. The molecule has 0 atom stereocenters. The van der Waals surface area contributed by atoms with Crippen LogP contribution in [0.5, 0.6) is 0 Å². The Morgan fingerprint density at radius 2 is 2.11 bits per heavy atom. The van der Waals surface area contributed by atoms with Crippen molar-refractivity contribution in [2.24, 2.45) is 5.73 Å². The molecule has 1 aromatic heterocycles. The number of nitrogens with one attached hydrogen (secondary N) is 2. The summed E-state index contributed by atoms with van der Waals surface area (Å²) in [4.78, 5) is 14.2. The molecular formula is C14H19N3O. The summed E-state index contributed by atoms with van der Waals surface area (Å²) >= 11 is 0. The van der Waals surface area contributed by atoms with Crippen molar-refractivity contribution in [2.75, 3.05) is 0 Å². The zero-order valence-electron chi connectivity index (χ0n) is 10.8. The van der Waals surface area contributed by atoms with Gasteiger partial charge in [-0.2, -0.15) is 0 Å². The highest BCUT2D eigenvalue weighted by molar-refractivity contribution is 5.83. The van der Waals surface area contributed by atoms with Gasteiger partial charge < -0.3 is 16.0 Å². The molecule has 1 amide bonds. The molecule has 0 saturated carbocycles. The molecule has 0 aliphatic carbocycles. The number of aromatic amines is 1. The maximum Gasteiger partial charge on any atom is 0.219 e. The number of H-pyrrole nitrogens is 1. The van der Waals surface area contributed by atoms with E-state index in [4.69, 9.17) is 5.73 Å². The molecule has 0 aliphatic heterocycles. The molecule has 0 fully saturated rings. The first-order chi connectivity index (χ1) is 8.48. The quantitative estimate of drug-likeness (QED) is 0.753. The summed E-state index contributed by atoms with van der Waals surface area (Å²) in [5, 5.41) is 4.57. The maximum absolute atomic E-state index is 11.0. The molecule has 96 valence electrons. The Labute approximate surface area is 107 Å². The summed E-state index contributed by atoms with van der Waals surface area (Å²) in [7, 11) is 0. The zero-order valence-corrected chi connectivity index (χ0v) is 10.8. The molecule has 18 heavy (non-hydrogen) atoms. The van der Waals surface area contributed by atoms with Crippen molar-refractivity contribution in [3.8, 4) is 0 Å². The van der Waals surface area contributed by atoms with Crippen molar-refractivity contribution in [3.05, 3.63) is 36.0 Å². The van der Waals surface area contributed by atoms with Gasteiger partial charge in [0, 0.05) is 35.6 Å². The van der Waals surface area contributed by atoms with Gasteiger partial charge in [-0.25, -0.2) is 0 Å². The van der Waals surface area contributed by atoms with Crippen molar-refractivity contribution < 1.29 is 4.79 Å². The summed E-state index contributed by atoms with van der Waals surface area (Å²) in [6, 6.07) is 8.17. The van der Waals surface area contributed by atoms with E-state index in [2.05, 4.69) is 16.4 Å². The van der Waals surface area contributed by atoms with Crippen molar-refractivity contribution in [3.63, 3.8) is 0 Å². The Hall–Kier alpha value is -1.81. The van der Waals surface area contributed by atoms with Gasteiger partial charge in [0.15, 0.2) is 0 Å². The number of fused-ring (bicyclic) bond motifs is 1. The van der Waals surface area contributed by atoms with Crippen molar-refractivity contribution in [1.82, 2.24) is 10.3 Å². The molecule has 2 aromatic rings. The van der Waals surface area contributed by atoms with E-state index in [1.165, 1.54) is 10.9 Å². The molecule has 4 nitrogen and oxygen atoms in total. The second-order valence-electron chi connectivity index (χ2n) is 5.24. The first kappa shape index (κ1) is 12.6. The third kappa shape index (κ3) is 2.90. The molecule has 0 spiro atoms. The minimum atomic E-state index is -0.287. The predicted molar refractivity (Wildman–Crippen MR) is 73.0 cm³/mol. The number of hydrogen-bond acceptors (Lipinski definition) is 2. The lowest BCUT2D eigenvalue weighted by Gasteiger charge is -2.24. The number of para-hydroxylation sites is 1. The number of rotatable bonds is 5. The number of amides is 1. The smallest absolute Gasteiger partial charge is 0.219 e. The predicted octanol–water partition coefficient (Wildman–Crippen LogP) is 1.91. The van der Waals surface area contributed by atoms with Crippen LogP contribution in [-0.4, -0.2) is 16.4 Å². The van der Waals surface area contributed by atoms with Crippen LogP contribution in [0.3, 0.4) is 0 Å². The normalized spacial score (nSPS) is 11.9. The Kier molecular flexibility index (Phi) is 3.39. The van der Waals surface area contributed by atoms with Crippen LogP contribution >= 0.6 is 0 Å². The van der Waals surface area contributed by atoms with E-state index in [0.29, 0.717) is 13.0 Å². The number of hydrogen-bond donors (Lipinski definition) is 3. The first-order valence-corrected chi connectivity index (χ1v) is 6.06. The van der Waals surface area contributed by atoms with Crippen molar-refractivity contribution in [1.29, 1.82) is 0 Å². The molecule has 0 unspecified atom stereocenters. The minimum absolute atomic E-state index is 0.286. The van der Waals surface area contributed by atoms with E-state index in [1.54, 1.807) is 0 Å². The van der Waals surface area contributed by atoms with Crippen molar-refractivity contribution >= 4 is 16.8 Å². The molecule has 4 heteroatoms. The summed E-state index contributed by atoms with van der Waals surface area (Å²) in [5.41, 5.74) is 7.27. The number of nitrogens with two attached hydrogens (primary N) is 1. The molecule has 1 heterocycles. The number of carbonyl (C=O) groups excluding carboxylic acids is 1. The highest BCUT2D eigenvalue weighted by atomic mass is 16.1. The summed E-state index contributed by atoms with van der Waals surface area (Å²) < 4.78 is 0. The standard InChI is InChI=1S/C14H19N3O/c1-14(2,7-13(15)18)17-9-10-8-16-12-6-4-3-5-11(10)12/h3-6,8,16-17H,7,9H2,1-2H3,(H2,15,18). The molecular weight excluding hydrogens is 226 g/mol. The minimum Gasteiger partial charge on any atom is -0.370 e. The van der Waals surface area contributed by atoms with Gasteiger partial charge in [-0.3, -0.25) is 4.79 Å². The van der Waals surface area contributed by atoms with Gasteiger partial charge in [0.1, 0.15) is 0 Å². The lowest BCUT2D eigenvalue weighted by atomic mass is 10.00. The van der Waals surface area contributed by atoms with Crippen LogP contribution in [0.1, 0.15) is 25.8 Å². The van der Waals surface area contributed by atoms with Crippen LogP contribution in [0.2, 0.25) is 0 Å². The van der Waals surface area contributed by atoms with Crippen LogP contribution < -0.4 is 11.1 Å². The van der Waals surface area contributed by atoms with E-state index in [1.807, 2.05) is 38.2 Å². The fourth-order valence-electron chi connectivity index (χ4n) is 2.11. The Morgan fingerprint density at radius 1 is 1.39 bits per heavy atom. The van der Waals surface area contributed by atoms with Crippen LogP contribution in [-0.2, 0) is 11.3 Å². The zero-order chi connectivity index (χ0) is 13.2. The molecule has 0 aliphatic rings. The van der Waals surface area contributed by atoms with E-state index in [-0.39, 0.29) is 11.4 Å². The summed E-state index contributed by atoms with van der Waals surface area (Å²) in [6.45, 7) is 4.67. The molecule has 4 N–H and O–H groups in total. The topological polar surface area (TPSA) is 70.9 Å². The average molecular weight is 245 g/mol. The van der Waals surface area contributed by atoms with Crippen LogP contribution in [0.15, 0.2) is 30.5 Å². The van der Waals surface area contributed by atoms with Crippen LogP contribution in [0.4, 0.5) is 0 Å². The van der Waals surface area contributed by atoms with Gasteiger partial charge >= 0.3 is 0 Å². The highest BCUT2D eigenvalue weighted by Gasteiger charge is 2.20.